The fourth-order valence-corrected chi connectivity index (χ4v) is 2.83. The van der Waals surface area contributed by atoms with Gasteiger partial charge in [-0.05, 0) is 63.4 Å². The predicted molar refractivity (Wildman–Crippen MR) is 95.7 cm³/mol. The van der Waals surface area contributed by atoms with Crippen LogP contribution in [0.4, 0.5) is 5.69 Å². The van der Waals surface area contributed by atoms with Crippen LogP contribution in [0.25, 0.3) is 0 Å². The zero-order chi connectivity index (χ0) is 18.1. The molecule has 2 aromatic rings. The Kier molecular flexibility index (Phi) is 4.78. The Bertz CT molecular complexity index is 766. The summed E-state index contributed by atoms with van der Waals surface area (Å²) in [6, 6.07) is 10.9. The fourth-order valence-electron chi connectivity index (χ4n) is 2.83. The van der Waals surface area contributed by atoms with Crippen molar-refractivity contribution in [1.82, 2.24) is 0 Å². The van der Waals surface area contributed by atoms with Gasteiger partial charge in [0.15, 0.2) is 0 Å². The van der Waals surface area contributed by atoms with Gasteiger partial charge in [0, 0.05) is 11.3 Å². The van der Waals surface area contributed by atoms with Gasteiger partial charge in [-0.25, -0.2) is 0 Å². The third-order valence-electron chi connectivity index (χ3n) is 4.30. The highest BCUT2D eigenvalue weighted by Crippen LogP contribution is 2.25. The van der Waals surface area contributed by atoms with E-state index < -0.39 is 11.4 Å². The van der Waals surface area contributed by atoms with Gasteiger partial charge in [-0.1, -0.05) is 29.8 Å². The molecule has 0 heterocycles. The number of hydrogen-bond donors (Lipinski definition) is 2. The lowest BCUT2D eigenvalue weighted by molar-refractivity contribution is -0.142. The number of amides is 1. The molecule has 0 fully saturated rings. The van der Waals surface area contributed by atoms with Crippen molar-refractivity contribution in [3.63, 3.8) is 0 Å². The van der Waals surface area contributed by atoms with Crippen LogP contribution in [0.3, 0.4) is 0 Å². The number of nitrogens with one attached hydrogen (secondary N) is 1. The second kappa shape index (κ2) is 6.48. The van der Waals surface area contributed by atoms with E-state index in [0.29, 0.717) is 16.8 Å². The summed E-state index contributed by atoms with van der Waals surface area (Å²) in [6.45, 7) is 9.16. The maximum Gasteiger partial charge on any atom is 0.313 e. The number of aryl methyl sites for hydroxylation is 3. The Labute approximate surface area is 142 Å². The lowest BCUT2D eigenvalue weighted by Gasteiger charge is -2.20. The summed E-state index contributed by atoms with van der Waals surface area (Å²) in [5.41, 5.74) is 4.05. The predicted octanol–water partition coefficient (Wildman–Crippen LogP) is 4.23. The molecule has 4 heteroatoms. The molecular formula is C20H23NO3. The highest BCUT2D eigenvalue weighted by molar-refractivity contribution is 6.06. The first-order chi connectivity index (χ1) is 11.1. The Morgan fingerprint density at radius 2 is 1.46 bits per heavy atom. The molecule has 0 saturated heterocycles. The molecule has 126 valence electrons. The average molecular weight is 325 g/mol. The van der Waals surface area contributed by atoms with E-state index in [1.165, 1.54) is 0 Å². The van der Waals surface area contributed by atoms with E-state index in [4.69, 9.17) is 0 Å². The van der Waals surface area contributed by atoms with Crippen LogP contribution in [0.1, 0.15) is 46.5 Å². The quantitative estimate of drug-likeness (QED) is 0.884. The average Bonchev–Trinajstić information content (AvgIpc) is 2.46. The summed E-state index contributed by atoms with van der Waals surface area (Å²) in [5.74, 6) is -1.04. The van der Waals surface area contributed by atoms with E-state index in [0.717, 1.165) is 16.7 Å². The molecule has 0 radical (unpaired) electrons. The molecule has 0 aromatic heterocycles. The van der Waals surface area contributed by atoms with Crippen LogP contribution in [-0.4, -0.2) is 17.0 Å². The van der Waals surface area contributed by atoms with Gasteiger partial charge < -0.3 is 10.4 Å². The van der Waals surface area contributed by atoms with E-state index >= 15 is 0 Å². The van der Waals surface area contributed by atoms with Gasteiger partial charge >= 0.3 is 5.97 Å². The molecule has 2 aromatic carbocycles. The van der Waals surface area contributed by atoms with Gasteiger partial charge in [0.1, 0.15) is 0 Å². The number of benzene rings is 2. The van der Waals surface area contributed by atoms with Crippen molar-refractivity contribution in [1.29, 1.82) is 0 Å². The van der Waals surface area contributed by atoms with Crippen LogP contribution in [-0.2, 0) is 10.2 Å². The van der Waals surface area contributed by atoms with Gasteiger partial charge in [0.2, 0.25) is 0 Å². The minimum absolute atomic E-state index is 0.157. The van der Waals surface area contributed by atoms with Gasteiger partial charge in [-0.3, -0.25) is 9.59 Å². The van der Waals surface area contributed by atoms with Gasteiger partial charge in [0.05, 0.1) is 5.41 Å². The first-order valence-electron chi connectivity index (χ1n) is 7.86. The lowest BCUT2D eigenvalue weighted by atomic mass is 9.85. The molecule has 0 atom stereocenters. The van der Waals surface area contributed by atoms with Crippen LogP contribution in [0.2, 0.25) is 0 Å². The smallest absolute Gasteiger partial charge is 0.313 e. The van der Waals surface area contributed by atoms with E-state index in [9.17, 15) is 14.7 Å². The summed E-state index contributed by atoms with van der Waals surface area (Å²) in [4.78, 5) is 23.9. The number of hydrogen-bond acceptors (Lipinski definition) is 2. The van der Waals surface area contributed by atoms with E-state index in [-0.39, 0.29) is 5.91 Å². The van der Waals surface area contributed by atoms with E-state index in [2.05, 4.69) is 5.32 Å². The molecule has 0 unspecified atom stereocenters. The Balaban J connectivity index is 2.24. The summed E-state index contributed by atoms with van der Waals surface area (Å²) in [7, 11) is 0. The van der Waals surface area contributed by atoms with Crippen LogP contribution >= 0.6 is 0 Å². The Morgan fingerprint density at radius 3 is 1.92 bits per heavy atom. The Morgan fingerprint density at radius 1 is 0.958 bits per heavy atom. The zero-order valence-electron chi connectivity index (χ0n) is 14.7. The molecular weight excluding hydrogens is 302 g/mol. The number of carbonyl (C=O) groups is 2. The SMILES string of the molecule is Cc1cc(C)c(C(=O)Nc2ccc(C(C)(C)C(=O)O)cc2)c(C)c1. The first kappa shape index (κ1) is 17.7. The molecule has 0 spiro atoms. The van der Waals surface area contributed by atoms with Crippen LogP contribution in [0, 0.1) is 20.8 Å². The summed E-state index contributed by atoms with van der Waals surface area (Å²) < 4.78 is 0. The lowest BCUT2D eigenvalue weighted by Crippen LogP contribution is -2.28. The normalized spacial score (nSPS) is 11.2. The van der Waals surface area contributed by atoms with Crippen molar-refractivity contribution < 1.29 is 14.7 Å². The third kappa shape index (κ3) is 3.48. The van der Waals surface area contributed by atoms with Crippen LogP contribution < -0.4 is 5.32 Å². The van der Waals surface area contributed by atoms with Crippen molar-refractivity contribution in [2.24, 2.45) is 0 Å². The molecule has 4 nitrogen and oxygen atoms in total. The molecule has 0 saturated carbocycles. The summed E-state index contributed by atoms with van der Waals surface area (Å²) in [6.07, 6.45) is 0. The second-order valence-corrected chi connectivity index (χ2v) is 6.74. The van der Waals surface area contributed by atoms with E-state index in [1.54, 1.807) is 38.1 Å². The van der Waals surface area contributed by atoms with Crippen LogP contribution in [0.5, 0.6) is 0 Å². The number of anilines is 1. The molecule has 2 N–H and O–H groups in total. The van der Waals surface area contributed by atoms with Gasteiger partial charge in [-0.2, -0.15) is 0 Å². The molecule has 0 aliphatic heterocycles. The molecule has 2 rings (SSSR count). The molecule has 24 heavy (non-hydrogen) atoms. The number of carboxylic acid groups (broad SMARTS) is 1. The zero-order valence-corrected chi connectivity index (χ0v) is 14.7. The van der Waals surface area contributed by atoms with Crippen molar-refractivity contribution in [3.8, 4) is 0 Å². The third-order valence-corrected chi connectivity index (χ3v) is 4.30. The van der Waals surface area contributed by atoms with Crippen molar-refractivity contribution >= 4 is 17.6 Å². The minimum atomic E-state index is -0.966. The van der Waals surface area contributed by atoms with Crippen molar-refractivity contribution in [2.75, 3.05) is 5.32 Å². The first-order valence-corrected chi connectivity index (χ1v) is 7.86. The summed E-state index contributed by atoms with van der Waals surface area (Å²) in [5, 5.41) is 12.2. The Hall–Kier alpha value is -2.62. The molecule has 1 amide bonds. The highest BCUT2D eigenvalue weighted by atomic mass is 16.4. The van der Waals surface area contributed by atoms with E-state index in [1.807, 2.05) is 32.9 Å². The summed E-state index contributed by atoms with van der Waals surface area (Å²) >= 11 is 0. The number of rotatable bonds is 4. The highest BCUT2D eigenvalue weighted by Gasteiger charge is 2.29. The standard InChI is InChI=1S/C20H23NO3/c1-12-10-13(2)17(14(3)11-12)18(22)21-16-8-6-15(7-9-16)20(4,5)19(23)24/h6-11H,1-5H3,(H,21,22)(H,23,24). The molecule has 0 aliphatic rings. The maximum absolute atomic E-state index is 12.6. The monoisotopic (exact) mass is 325 g/mol. The second-order valence-electron chi connectivity index (χ2n) is 6.74. The van der Waals surface area contributed by atoms with Gasteiger partial charge in [0.25, 0.3) is 5.91 Å². The number of carbonyl (C=O) groups excluding carboxylic acids is 1. The van der Waals surface area contributed by atoms with Gasteiger partial charge in [-0.15, -0.1) is 0 Å². The van der Waals surface area contributed by atoms with Crippen molar-refractivity contribution in [2.45, 2.75) is 40.0 Å². The van der Waals surface area contributed by atoms with Crippen molar-refractivity contribution in [3.05, 3.63) is 64.2 Å². The molecule has 0 bridgehead atoms. The minimum Gasteiger partial charge on any atom is -0.481 e. The number of aliphatic carboxylic acids is 1. The topological polar surface area (TPSA) is 66.4 Å². The fraction of sp³-hybridized carbons (Fsp3) is 0.300. The molecule has 0 aliphatic carbocycles. The largest absolute Gasteiger partial charge is 0.481 e. The van der Waals surface area contributed by atoms with Crippen LogP contribution in [0.15, 0.2) is 36.4 Å². The maximum atomic E-state index is 12.6. The number of carboxylic acids is 1.